The summed E-state index contributed by atoms with van der Waals surface area (Å²) in [5.74, 6) is -3.73. The highest BCUT2D eigenvalue weighted by atomic mass is 16.5. The maximum absolute atomic E-state index is 14.3. The molecule has 0 radical (unpaired) electrons. The lowest BCUT2D eigenvalue weighted by Gasteiger charge is -2.39. The molecular weight excluding hydrogens is 678 g/mol. The summed E-state index contributed by atoms with van der Waals surface area (Å²) in [4.78, 5) is 73.4. The molecule has 2 heterocycles. The molecule has 5 amide bonds. The molecule has 2 fully saturated rings. The van der Waals surface area contributed by atoms with Crippen LogP contribution in [-0.4, -0.2) is 109 Å². The molecule has 8 atom stereocenters. The first-order valence-corrected chi connectivity index (χ1v) is 19.5. The number of piperidine rings is 1. The first-order chi connectivity index (χ1) is 25.2. The molecule has 0 unspecified atom stereocenters. The Morgan fingerprint density at radius 1 is 0.868 bits per heavy atom. The number of hydrogen-bond donors (Lipinski definition) is 6. The monoisotopic (exact) mass is 743 g/mol. The summed E-state index contributed by atoms with van der Waals surface area (Å²) in [5.41, 5.74) is 7.05. The molecule has 14 heteroatoms. The SMILES string of the molecule is CCCCCC[C@H]1O[C@@H](C)NC(=O)[C@H]([C@H](C)O)NC(=O)[C@H](CN)NC(=O)[C@H](C2CCN(c3ccccc3)CC2)NC(=O)[C@H](CC(C)C)N(C)C(=O)[C@@H]1C. The summed E-state index contributed by atoms with van der Waals surface area (Å²) in [6.45, 7) is 11.8. The maximum Gasteiger partial charge on any atom is 0.247 e. The number of ether oxygens (including phenoxy) is 1. The van der Waals surface area contributed by atoms with Crippen molar-refractivity contribution in [3.8, 4) is 0 Å². The Hall–Kier alpha value is -3.75. The summed E-state index contributed by atoms with van der Waals surface area (Å²) in [5, 5.41) is 21.5. The van der Waals surface area contributed by atoms with Crippen LogP contribution in [0.4, 0.5) is 5.69 Å². The zero-order chi connectivity index (χ0) is 39.2. The fourth-order valence-corrected chi connectivity index (χ4v) is 7.24. The molecule has 2 saturated heterocycles. The third kappa shape index (κ3) is 12.7. The van der Waals surface area contributed by atoms with Crippen molar-refractivity contribution in [3.63, 3.8) is 0 Å². The minimum Gasteiger partial charge on any atom is -0.391 e. The van der Waals surface area contributed by atoms with E-state index in [1.807, 2.05) is 44.2 Å². The second-order valence-electron chi connectivity index (χ2n) is 15.2. The van der Waals surface area contributed by atoms with Crippen molar-refractivity contribution in [1.29, 1.82) is 0 Å². The van der Waals surface area contributed by atoms with Crippen molar-refractivity contribution in [2.24, 2.45) is 23.5 Å². The summed E-state index contributed by atoms with van der Waals surface area (Å²) in [6, 6.07) is 5.38. The highest BCUT2D eigenvalue weighted by Crippen LogP contribution is 2.27. The van der Waals surface area contributed by atoms with Gasteiger partial charge >= 0.3 is 0 Å². The van der Waals surface area contributed by atoms with E-state index in [9.17, 15) is 29.1 Å². The molecule has 0 spiro atoms. The van der Waals surface area contributed by atoms with Crippen LogP contribution in [-0.2, 0) is 28.7 Å². The van der Waals surface area contributed by atoms with Crippen LogP contribution in [0, 0.1) is 17.8 Å². The number of anilines is 1. The van der Waals surface area contributed by atoms with Gasteiger partial charge in [0.15, 0.2) is 0 Å². The number of carbonyl (C=O) groups is 5. The van der Waals surface area contributed by atoms with Gasteiger partial charge in [0, 0.05) is 32.4 Å². The fourth-order valence-electron chi connectivity index (χ4n) is 7.24. The van der Waals surface area contributed by atoms with Crippen LogP contribution >= 0.6 is 0 Å². The van der Waals surface area contributed by atoms with Crippen molar-refractivity contribution < 1.29 is 33.8 Å². The lowest BCUT2D eigenvalue weighted by Crippen LogP contribution is -2.63. The first-order valence-electron chi connectivity index (χ1n) is 19.5. The second kappa shape index (κ2) is 21.2. The number of nitrogens with one attached hydrogen (secondary N) is 4. The van der Waals surface area contributed by atoms with E-state index in [1.54, 1.807) is 20.9 Å². The number of para-hydroxylation sites is 1. The van der Waals surface area contributed by atoms with Gasteiger partial charge in [0.05, 0.1) is 18.1 Å². The van der Waals surface area contributed by atoms with Gasteiger partial charge in [0.2, 0.25) is 29.5 Å². The average Bonchev–Trinajstić information content (AvgIpc) is 3.13. The van der Waals surface area contributed by atoms with Gasteiger partial charge in [-0.05, 0) is 63.5 Å². The van der Waals surface area contributed by atoms with Gasteiger partial charge in [-0.3, -0.25) is 24.0 Å². The van der Waals surface area contributed by atoms with Gasteiger partial charge in [0.1, 0.15) is 30.4 Å². The third-order valence-electron chi connectivity index (χ3n) is 10.5. The van der Waals surface area contributed by atoms with Crippen LogP contribution in [0.25, 0.3) is 0 Å². The average molecular weight is 744 g/mol. The van der Waals surface area contributed by atoms with Crippen molar-refractivity contribution in [1.82, 2.24) is 26.2 Å². The molecule has 0 aromatic heterocycles. The molecule has 1 aromatic rings. The number of rotatable bonds is 11. The Labute approximate surface area is 315 Å². The van der Waals surface area contributed by atoms with E-state index in [2.05, 4.69) is 33.1 Å². The summed E-state index contributed by atoms with van der Waals surface area (Å²) in [6.07, 6.45) is 3.05. The Bertz CT molecular complexity index is 1340. The van der Waals surface area contributed by atoms with Crippen LogP contribution in [0.3, 0.4) is 0 Å². The molecule has 3 rings (SSSR count). The summed E-state index contributed by atoms with van der Waals surface area (Å²) < 4.78 is 6.31. The Kier molecular flexibility index (Phi) is 17.5. The largest absolute Gasteiger partial charge is 0.391 e. The Morgan fingerprint density at radius 2 is 1.53 bits per heavy atom. The lowest BCUT2D eigenvalue weighted by molar-refractivity contribution is -0.150. The molecule has 2 aliphatic rings. The zero-order valence-electron chi connectivity index (χ0n) is 32.8. The predicted molar refractivity (Wildman–Crippen MR) is 204 cm³/mol. The van der Waals surface area contributed by atoms with E-state index in [-0.39, 0.29) is 24.3 Å². The van der Waals surface area contributed by atoms with E-state index in [1.165, 1.54) is 11.8 Å². The van der Waals surface area contributed by atoms with Crippen molar-refractivity contribution >= 4 is 35.2 Å². The Balaban J connectivity index is 2.02. The molecule has 7 N–H and O–H groups in total. The first kappa shape index (κ1) is 43.7. The predicted octanol–water partition coefficient (Wildman–Crippen LogP) is 2.04. The maximum atomic E-state index is 14.3. The molecule has 298 valence electrons. The van der Waals surface area contributed by atoms with Crippen molar-refractivity contribution in [2.45, 2.75) is 136 Å². The number of unbranched alkanes of at least 4 members (excludes halogenated alkanes) is 3. The summed E-state index contributed by atoms with van der Waals surface area (Å²) >= 11 is 0. The number of benzene rings is 1. The molecular formula is C39H65N7O7. The number of carbonyl (C=O) groups excluding carboxylic acids is 5. The van der Waals surface area contributed by atoms with Crippen molar-refractivity contribution in [3.05, 3.63) is 30.3 Å². The summed E-state index contributed by atoms with van der Waals surface area (Å²) in [7, 11) is 1.61. The third-order valence-corrected chi connectivity index (χ3v) is 10.5. The number of aliphatic hydroxyl groups is 1. The van der Waals surface area contributed by atoms with E-state index < -0.39 is 72.1 Å². The highest BCUT2D eigenvalue weighted by Gasteiger charge is 2.40. The molecule has 53 heavy (non-hydrogen) atoms. The number of nitrogens with two attached hydrogens (primary N) is 1. The second-order valence-corrected chi connectivity index (χ2v) is 15.2. The number of hydrogen-bond acceptors (Lipinski definition) is 9. The highest BCUT2D eigenvalue weighted by molar-refractivity contribution is 5.96. The molecule has 14 nitrogen and oxygen atoms in total. The normalized spacial score (nSPS) is 28.4. The minimum atomic E-state index is -1.39. The number of nitrogens with zero attached hydrogens (tertiary/aromatic N) is 2. The van der Waals surface area contributed by atoms with Gasteiger partial charge < -0.3 is 46.6 Å². The standard InChI is InChI=1S/C39H65N7O7/c1-8-9-10-14-17-32-25(4)39(52)45(7)31(22-24(2)3)36(49)44-34(28-18-20-46(21-19-28)29-15-12-11-13-16-29)38(51)42-30(23-40)35(48)43-33(26(5)47)37(50)41-27(6)53-32/h11-13,15-16,24-28,30-34,47H,8-10,14,17-23,40H2,1-7H3,(H,41,50)(H,42,51)(H,43,48)(H,44,49)/t25-,26+,27+,30+,31+,32-,33+,34+/m1/s1. The van der Waals surface area contributed by atoms with Crippen LogP contribution < -0.4 is 31.9 Å². The lowest BCUT2D eigenvalue weighted by atomic mass is 9.87. The van der Waals surface area contributed by atoms with E-state index >= 15 is 0 Å². The van der Waals surface area contributed by atoms with Crippen LogP contribution in [0.2, 0.25) is 0 Å². The van der Waals surface area contributed by atoms with Gasteiger partial charge in [-0.25, -0.2) is 0 Å². The zero-order valence-corrected chi connectivity index (χ0v) is 32.8. The number of aliphatic hydroxyl groups excluding tert-OH is 1. The van der Waals surface area contributed by atoms with Crippen LogP contribution in [0.1, 0.15) is 92.9 Å². The van der Waals surface area contributed by atoms with E-state index in [0.29, 0.717) is 38.8 Å². The van der Waals surface area contributed by atoms with Crippen LogP contribution in [0.15, 0.2) is 30.3 Å². The van der Waals surface area contributed by atoms with E-state index in [0.717, 1.165) is 31.4 Å². The molecule has 0 bridgehead atoms. The smallest absolute Gasteiger partial charge is 0.247 e. The molecule has 1 aromatic carbocycles. The van der Waals surface area contributed by atoms with E-state index in [4.69, 9.17) is 10.5 Å². The Morgan fingerprint density at radius 3 is 2.11 bits per heavy atom. The topological polar surface area (TPSA) is 195 Å². The van der Waals surface area contributed by atoms with Gasteiger partial charge in [-0.1, -0.05) is 71.6 Å². The molecule has 2 aliphatic heterocycles. The van der Waals surface area contributed by atoms with Gasteiger partial charge in [0.25, 0.3) is 0 Å². The number of likely N-dealkylation sites (N-methyl/N-ethyl adjacent to an activating group) is 1. The molecule has 0 aliphatic carbocycles. The minimum absolute atomic E-state index is 0.0408. The number of amides is 5. The quantitative estimate of drug-likeness (QED) is 0.184. The van der Waals surface area contributed by atoms with Gasteiger partial charge in [-0.15, -0.1) is 0 Å². The molecule has 0 saturated carbocycles. The fraction of sp³-hybridized carbons (Fsp3) is 0.718. The van der Waals surface area contributed by atoms with Gasteiger partial charge in [-0.2, -0.15) is 0 Å². The van der Waals surface area contributed by atoms with Crippen LogP contribution in [0.5, 0.6) is 0 Å². The van der Waals surface area contributed by atoms with Crippen molar-refractivity contribution in [2.75, 3.05) is 31.6 Å².